The van der Waals surface area contributed by atoms with Crippen molar-refractivity contribution in [3.63, 3.8) is 0 Å². The number of amides is 1. The Morgan fingerprint density at radius 2 is 1.70 bits per heavy atom. The van der Waals surface area contributed by atoms with Gasteiger partial charge in [0.25, 0.3) is 11.6 Å². The molecule has 0 radical (unpaired) electrons. The van der Waals surface area contributed by atoms with E-state index in [-0.39, 0.29) is 11.6 Å². The van der Waals surface area contributed by atoms with E-state index in [0.29, 0.717) is 30.2 Å². The number of benzene rings is 2. The third-order valence-electron chi connectivity index (χ3n) is 5.41. The summed E-state index contributed by atoms with van der Waals surface area (Å²) in [5.74, 6) is -0.0845. The predicted molar refractivity (Wildman–Crippen MR) is 114 cm³/mol. The summed E-state index contributed by atoms with van der Waals surface area (Å²) in [7, 11) is 0. The second kappa shape index (κ2) is 8.46. The van der Waals surface area contributed by atoms with Gasteiger partial charge < -0.3 is 9.80 Å². The molecule has 2 aromatic carbocycles. The van der Waals surface area contributed by atoms with Crippen molar-refractivity contribution in [2.24, 2.45) is 0 Å². The third kappa shape index (κ3) is 3.95. The van der Waals surface area contributed by atoms with Crippen LogP contribution < -0.4 is 0 Å². The quantitative estimate of drug-likeness (QED) is 0.481. The van der Waals surface area contributed by atoms with E-state index in [2.05, 4.69) is 16.9 Å². The maximum absolute atomic E-state index is 13.3. The summed E-state index contributed by atoms with van der Waals surface area (Å²) in [6.45, 7) is 6.12. The van der Waals surface area contributed by atoms with Crippen molar-refractivity contribution in [2.45, 2.75) is 6.92 Å². The lowest BCUT2D eigenvalue weighted by Crippen LogP contribution is -2.48. The number of carbonyl (C=O) groups is 1. The van der Waals surface area contributed by atoms with E-state index in [1.807, 2.05) is 35.2 Å². The molecular weight excluding hydrogens is 382 g/mol. The molecule has 1 saturated heterocycles. The zero-order chi connectivity index (χ0) is 21.1. The summed E-state index contributed by atoms with van der Waals surface area (Å²) in [6, 6.07) is 17.5. The van der Waals surface area contributed by atoms with Crippen molar-refractivity contribution in [3.8, 4) is 16.9 Å². The van der Waals surface area contributed by atoms with Crippen LogP contribution in [0.1, 0.15) is 17.4 Å². The van der Waals surface area contributed by atoms with Crippen molar-refractivity contribution in [1.29, 1.82) is 0 Å². The van der Waals surface area contributed by atoms with Gasteiger partial charge in [-0.3, -0.25) is 14.9 Å². The molecule has 1 aliphatic heterocycles. The number of non-ortho nitro benzene ring substituents is 1. The molecule has 0 atom stereocenters. The smallest absolute Gasteiger partial charge is 0.272 e. The molecule has 1 amide bonds. The highest BCUT2D eigenvalue weighted by atomic mass is 16.6. The number of hydrogen-bond acceptors (Lipinski definition) is 5. The van der Waals surface area contributed by atoms with Crippen molar-refractivity contribution in [1.82, 2.24) is 19.6 Å². The molecule has 8 nitrogen and oxygen atoms in total. The molecule has 0 saturated carbocycles. The van der Waals surface area contributed by atoms with Gasteiger partial charge in [0.2, 0.25) is 0 Å². The highest BCUT2D eigenvalue weighted by Crippen LogP contribution is 2.24. The molecule has 0 unspecified atom stereocenters. The molecule has 2 heterocycles. The molecule has 154 valence electrons. The number of hydrogen-bond donors (Lipinski definition) is 0. The first-order valence-electron chi connectivity index (χ1n) is 9.98. The fourth-order valence-electron chi connectivity index (χ4n) is 3.62. The zero-order valence-corrected chi connectivity index (χ0v) is 16.8. The van der Waals surface area contributed by atoms with E-state index in [1.165, 1.54) is 12.1 Å². The number of piperazine rings is 1. The molecule has 4 rings (SSSR count). The average Bonchev–Trinajstić information content (AvgIpc) is 3.25. The lowest BCUT2D eigenvalue weighted by molar-refractivity contribution is -0.384. The number of likely N-dealkylation sites (N-methyl/N-ethyl adjacent to an activating group) is 1. The van der Waals surface area contributed by atoms with Crippen molar-refractivity contribution >= 4 is 11.6 Å². The second-order valence-corrected chi connectivity index (χ2v) is 7.19. The van der Waals surface area contributed by atoms with Crippen LogP contribution in [-0.2, 0) is 0 Å². The summed E-state index contributed by atoms with van der Waals surface area (Å²) in [6.07, 6.45) is 0. The predicted octanol–water partition coefficient (Wildman–Crippen LogP) is 3.23. The largest absolute Gasteiger partial charge is 0.335 e. The SMILES string of the molecule is CCN1CCN(C(=O)c2cc(-c3ccccc3)nn2-c2ccc([N+](=O)[O-])cc2)CC1. The molecule has 1 aromatic heterocycles. The molecule has 1 fully saturated rings. The van der Waals surface area contributed by atoms with E-state index in [0.717, 1.165) is 25.2 Å². The van der Waals surface area contributed by atoms with Gasteiger partial charge >= 0.3 is 0 Å². The van der Waals surface area contributed by atoms with Crippen LogP contribution in [0.5, 0.6) is 0 Å². The van der Waals surface area contributed by atoms with Gasteiger partial charge in [-0.25, -0.2) is 4.68 Å². The average molecular weight is 405 g/mol. The Kier molecular flexibility index (Phi) is 5.58. The Hall–Kier alpha value is -3.52. The van der Waals surface area contributed by atoms with Gasteiger partial charge in [0, 0.05) is 43.9 Å². The van der Waals surface area contributed by atoms with Gasteiger partial charge in [-0.1, -0.05) is 37.3 Å². The summed E-state index contributed by atoms with van der Waals surface area (Å²) in [5.41, 5.74) is 2.65. The fourth-order valence-corrected chi connectivity index (χ4v) is 3.62. The monoisotopic (exact) mass is 405 g/mol. The number of nitro groups is 1. The van der Waals surface area contributed by atoms with Crippen LogP contribution >= 0.6 is 0 Å². The summed E-state index contributed by atoms with van der Waals surface area (Å²) >= 11 is 0. The van der Waals surface area contributed by atoms with Crippen LogP contribution in [0.3, 0.4) is 0 Å². The molecule has 8 heteroatoms. The van der Waals surface area contributed by atoms with Gasteiger partial charge in [-0.05, 0) is 24.7 Å². The third-order valence-corrected chi connectivity index (χ3v) is 5.41. The first-order chi connectivity index (χ1) is 14.6. The van der Waals surface area contributed by atoms with Crippen molar-refractivity contribution < 1.29 is 9.72 Å². The van der Waals surface area contributed by atoms with Gasteiger partial charge in [0.05, 0.1) is 16.3 Å². The molecule has 0 N–H and O–H groups in total. The van der Waals surface area contributed by atoms with E-state index >= 15 is 0 Å². The first-order valence-corrected chi connectivity index (χ1v) is 9.98. The number of rotatable bonds is 5. The molecule has 3 aromatic rings. The molecule has 0 spiro atoms. The lowest BCUT2D eigenvalue weighted by Gasteiger charge is -2.34. The highest BCUT2D eigenvalue weighted by Gasteiger charge is 2.26. The molecule has 0 aliphatic carbocycles. The van der Waals surface area contributed by atoms with Gasteiger partial charge in [0.15, 0.2) is 0 Å². The number of aromatic nitrogens is 2. The minimum Gasteiger partial charge on any atom is -0.335 e. The Bertz CT molecular complexity index is 1040. The van der Waals surface area contributed by atoms with Crippen molar-refractivity contribution in [3.05, 3.63) is 76.5 Å². The van der Waals surface area contributed by atoms with Gasteiger partial charge in [-0.15, -0.1) is 0 Å². The van der Waals surface area contributed by atoms with E-state index in [4.69, 9.17) is 0 Å². The second-order valence-electron chi connectivity index (χ2n) is 7.19. The van der Waals surface area contributed by atoms with Crippen LogP contribution in [0.4, 0.5) is 5.69 Å². The maximum atomic E-state index is 13.3. The van der Waals surface area contributed by atoms with Gasteiger partial charge in [0.1, 0.15) is 5.69 Å². The minimum absolute atomic E-state index is 0.00208. The molecule has 0 bridgehead atoms. The Morgan fingerprint density at radius 1 is 1.03 bits per heavy atom. The minimum atomic E-state index is -0.443. The molecule has 1 aliphatic rings. The topological polar surface area (TPSA) is 84.5 Å². The van der Waals surface area contributed by atoms with Crippen LogP contribution in [0.15, 0.2) is 60.7 Å². The number of nitrogens with zero attached hydrogens (tertiary/aromatic N) is 5. The molecular formula is C22H23N5O3. The summed E-state index contributed by atoms with van der Waals surface area (Å²) in [5, 5.41) is 15.7. The van der Waals surface area contributed by atoms with Crippen molar-refractivity contribution in [2.75, 3.05) is 32.7 Å². The summed E-state index contributed by atoms with van der Waals surface area (Å²) < 4.78 is 1.58. The van der Waals surface area contributed by atoms with E-state index in [1.54, 1.807) is 22.9 Å². The zero-order valence-electron chi connectivity index (χ0n) is 16.8. The standard InChI is InChI=1S/C22H23N5O3/c1-2-24-12-14-25(15-13-24)22(28)21-16-20(17-6-4-3-5-7-17)23-26(21)18-8-10-19(11-9-18)27(29)30/h3-11,16H,2,12-15H2,1H3. The van der Waals surface area contributed by atoms with Crippen LogP contribution in [0.2, 0.25) is 0 Å². The Labute approximate surface area is 174 Å². The van der Waals surface area contributed by atoms with Crippen LogP contribution in [-0.4, -0.2) is 63.1 Å². The van der Waals surface area contributed by atoms with E-state index in [9.17, 15) is 14.9 Å². The highest BCUT2D eigenvalue weighted by molar-refractivity contribution is 5.94. The van der Waals surface area contributed by atoms with E-state index < -0.39 is 4.92 Å². The van der Waals surface area contributed by atoms with Crippen LogP contribution in [0, 0.1) is 10.1 Å². The number of nitro benzene ring substituents is 1. The normalized spacial score (nSPS) is 14.6. The van der Waals surface area contributed by atoms with Gasteiger partial charge in [-0.2, -0.15) is 5.10 Å². The first kappa shape index (κ1) is 19.8. The molecule has 30 heavy (non-hydrogen) atoms. The van der Waals surface area contributed by atoms with Crippen LogP contribution in [0.25, 0.3) is 16.9 Å². The lowest BCUT2D eigenvalue weighted by atomic mass is 10.1. The summed E-state index contributed by atoms with van der Waals surface area (Å²) in [4.78, 5) is 28.1. The number of carbonyl (C=O) groups excluding carboxylic acids is 1. The maximum Gasteiger partial charge on any atom is 0.272 e. The Morgan fingerprint density at radius 3 is 2.30 bits per heavy atom. The Balaban J connectivity index is 1.71. The fraction of sp³-hybridized carbons (Fsp3) is 0.273.